The van der Waals surface area contributed by atoms with Crippen molar-refractivity contribution in [3.8, 4) is 12.3 Å². The third-order valence-corrected chi connectivity index (χ3v) is 2.74. The van der Waals surface area contributed by atoms with Gasteiger partial charge in [0.1, 0.15) is 6.04 Å². The normalized spacial score (nSPS) is 21.2. The maximum absolute atomic E-state index is 12.0. The lowest BCUT2D eigenvalue weighted by Gasteiger charge is -2.34. The van der Waals surface area contributed by atoms with Crippen molar-refractivity contribution in [2.45, 2.75) is 38.8 Å². The largest absolute Gasteiger partial charge is 0.378 e. The van der Waals surface area contributed by atoms with Gasteiger partial charge in [0.25, 0.3) is 0 Å². The van der Waals surface area contributed by atoms with Crippen LogP contribution in [0.25, 0.3) is 0 Å². The quantitative estimate of drug-likeness (QED) is 0.564. The SMILES string of the molecule is C#CCCCN1CCOCC1C(=O)NC(C)C. The fraction of sp³-hybridized carbons (Fsp3) is 0.769. The van der Waals surface area contributed by atoms with E-state index in [2.05, 4.69) is 16.1 Å². The maximum atomic E-state index is 12.0. The molecule has 1 rings (SSSR count). The molecule has 0 spiro atoms. The van der Waals surface area contributed by atoms with E-state index >= 15 is 0 Å². The van der Waals surface area contributed by atoms with E-state index in [9.17, 15) is 4.79 Å². The summed E-state index contributed by atoms with van der Waals surface area (Å²) in [7, 11) is 0. The lowest BCUT2D eigenvalue weighted by atomic mass is 10.1. The minimum Gasteiger partial charge on any atom is -0.378 e. The van der Waals surface area contributed by atoms with Crippen molar-refractivity contribution in [2.24, 2.45) is 0 Å². The molecule has 1 aliphatic heterocycles. The van der Waals surface area contributed by atoms with E-state index < -0.39 is 0 Å². The lowest BCUT2D eigenvalue weighted by molar-refractivity contribution is -0.133. The Morgan fingerprint density at radius 3 is 3.06 bits per heavy atom. The highest BCUT2D eigenvalue weighted by Gasteiger charge is 2.28. The molecule has 0 aromatic carbocycles. The van der Waals surface area contributed by atoms with Gasteiger partial charge in [0.15, 0.2) is 0 Å². The van der Waals surface area contributed by atoms with Crippen LogP contribution in [0, 0.1) is 12.3 Å². The van der Waals surface area contributed by atoms with Crippen molar-refractivity contribution in [2.75, 3.05) is 26.3 Å². The zero-order chi connectivity index (χ0) is 12.7. The molecule has 96 valence electrons. The van der Waals surface area contributed by atoms with Crippen molar-refractivity contribution >= 4 is 5.91 Å². The molecule has 1 atom stereocenters. The van der Waals surface area contributed by atoms with Gasteiger partial charge in [-0.05, 0) is 20.3 Å². The Bertz CT molecular complexity index is 284. The van der Waals surface area contributed by atoms with Crippen LogP contribution in [0.5, 0.6) is 0 Å². The zero-order valence-electron chi connectivity index (χ0n) is 10.7. The van der Waals surface area contributed by atoms with Gasteiger partial charge in [-0.3, -0.25) is 9.69 Å². The van der Waals surface area contributed by atoms with Crippen LogP contribution in [-0.2, 0) is 9.53 Å². The molecule has 0 bridgehead atoms. The monoisotopic (exact) mass is 238 g/mol. The van der Waals surface area contributed by atoms with E-state index in [1.165, 1.54) is 0 Å². The molecule has 4 heteroatoms. The van der Waals surface area contributed by atoms with E-state index in [0.717, 1.165) is 25.9 Å². The molecule has 0 aromatic heterocycles. The summed E-state index contributed by atoms with van der Waals surface area (Å²) in [5, 5.41) is 2.93. The number of carbonyl (C=O) groups excluding carboxylic acids is 1. The summed E-state index contributed by atoms with van der Waals surface area (Å²) in [5.74, 6) is 2.68. The Balaban J connectivity index is 2.47. The summed E-state index contributed by atoms with van der Waals surface area (Å²) in [6.07, 6.45) is 6.92. The zero-order valence-corrected chi connectivity index (χ0v) is 10.7. The fourth-order valence-electron chi connectivity index (χ4n) is 1.91. The van der Waals surface area contributed by atoms with Gasteiger partial charge in [0, 0.05) is 25.6 Å². The first-order valence-corrected chi connectivity index (χ1v) is 6.20. The number of amides is 1. The number of ether oxygens (including phenoxy) is 1. The van der Waals surface area contributed by atoms with E-state index in [0.29, 0.717) is 13.2 Å². The van der Waals surface area contributed by atoms with Crippen LogP contribution in [0.15, 0.2) is 0 Å². The van der Waals surface area contributed by atoms with E-state index in [4.69, 9.17) is 11.2 Å². The van der Waals surface area contributed by atoms with E-state index in [1.54, 1.807) is 0 Å². The Morgan fingerprint density at radius 2 is 2.41 bits per heavy atom. The molecule has 1 N–H and O–H groups in total. The maximum Gasteiger partial charge on any atom is 0.239 e. The van der Waals surface area contributed by atoms with Gasteiger partial charge in [-0.2, -0.15) is 0 Å². The summed E-state index contributed by atoms with van der Waals surface area (Å²) in [6.45, 7) is 6.77. The van der Waals surface area contributed by atoms with Crippen LogP contribution in [0.2, 0.25) is 0 Å². The van der Waals surface area contributed by atoms with Crippen LogP contribution < -0.4 is 5.32 Å². The summed E-state index contributed by atoms with van der Waals surface area (Å²) >= 11 is 0. The van der Waals surface area contributed by atoms with Crippen LogP contribution in [0.1, 0.15) is 26.7 Å². The fourth-order valence-corrected chi connectivity index (χ4v) is 1.91. The van der Waals surface area contributed by atoms with Crippen LogP contribution in [-0.4, -0.2) is 49.2 Å². The van der Waals surface area contributed by atoms with Gasteiger partial charge in [0.05, 0.1) is 13.2 Å². The van der Waals surface area contributed by atoms with Crippen molar-refractivity contribution in [3.05, 3.63) is 0 Å². The van der Waals surface area contributed by atoms with Gasteiger partial charge in [-0.1, -0.05) is 0 Å². The van der Waals surface area contributed by atoms with Crippen LogP contribution in [0.4, 0.5) is 0 Å². The van der Waals surface area contributed by atoms with E-state index in [1.807, 2.05) is 13.8 Å². The molecule has 1 unspecified atom stereocenters. The highest BCUT2D eigenvalue weighted by Crippen LogP contribution is 2.09. The van der Waals surface area contributed by atoms with Gasteiger partial charge < -0.3 is 10.1 Å². The Labute approximate surface area is 104 Å². The Kier molecular flexibility index (Phi) is 6.03. The van der Waals surface area contributed by atoms with Gasteiger partial charge in [0.2, 0.25) is 5.91 Å². The van der Waals surface area contributed by atoms with Gasteiger partial charge in [-0.25, -0.2) is 0 Å². The van der Waals surface area contributed by atoms with Gasteiger partial charge >= 0.3 is 0 Å². The number of nitrogens with one attached hydrogen (secondary N) is 1. The predicted molar refractivity (Wildman–Crippen MR) is 67.5 cm³/mol. The molecular weight excluding hydrogens is 216 g/mol. The molecule has 4 nitrogen and oxygen atoms in total. The first-order valence-electron chi connectivity index (χ1n) is 6.20. The number of unbranched alkanes of at least 4 members (excludes halogenated alkanes) is 1. The number of terminal acetylenes is 1. The predicted octanol–water partition coefficient (Wildman–Crippen LogP) is 0.625. The van der Waals surface area contributed by atoms with Gasteiger partial charge in [-0.15, -0.1) is 12.3 Å². The average Bonchev–Trinajstić information content (AvgIpc) is 2.29. The molecular formula is C13H22N2O2. The Hall–Kier alpha value is -1.05. The molecule has 1 fully saturated rings. The average molecular weight is 238 g/mol. The number of nitrogens with zero attached hydrogens (tertiary/aromatic N) is 1. The van der Waals surface area contributed by atoms with Crippen molar-refractivity contribution in [1.82, 2.24) is 10.2 Å². The third-order valence-electron chi connectivity index (χ3n) is 2.74. The molecule has 0 aliphatic carbocycles. The number of rotatable bonds is 5. The number of morpholine rings is 1. The second kappa shape index (κ2) is 7.31. The number of hydrogen-bond acceptors (Lipinski definition) is 3. The molecule has 1 aliphatic rings. The van der Waals surface area contributed by atoms with Crippen molar-refractivity contribution in [1.29, 1.82) is 0 Å². The standard InChI is InChI=1S/C13H22N2O2/c1-4-5-6-7-15-8-9-17-10-12(15)13(16)14-11(2)3/h1,11-12H,5-10H2,2-3H3,(H,14,16). The van der Waals surface area contributed by atoms with E-state index in [-0.39, 0.29) is 18.0 Å². The lowest BCUT2D eigenvalue weighted by Crippen LogP contribution is -2.54. The molecule has 0 aromatic rings. The topological polar surface area (TPSA) is 41.6 Å². The highest BCUT2D eigenvalue weighted by atomic mass is 16.5. The van der Waals surface area contributed by atoms with Crippen LogP contribution in [0.3, 0.4) is 0 Å². The second-order valence-corrected chi connectivity index (χ2v) is 4.60. The number of carbonyl (C=O) groups is 1. The third kappa shape index (κ3) is 4.76. The Morgan fingerprint density at radius 1 is 1.65 bits per heavy atom. The summed E-state index contributed by atoms with van der Waals surface area (Å²) in [5.41, 5.74) is 0. The molecule has 1 heterocycles. The first kappa shape index (κ1) is 14.0. The summed E-state index contributed by atoms with van der Waals surface area (Å²) in [6, 6.07) is 0.000842. The molecule has 0 saturated carbocycles. The minimum absolute atomic E-state index is 0.0559. The summed E-state index contributed by atoms with van der Waals surface area (Å²) in [4.78, 5) is 14.1. The van der Waals surface area contributed by atoms with Crippen LogP contribution >= 0.6 is 0 Å². The molecule has 1 saturated heterocycles. The second-order valence-electron chi connectivity index (χ2n) is 4.60. The first-order chi connectivity index (χ1) is 8.15. The van der Waals surface area contributed by atoms with Crippen molar-refractivity contribution < 1.29 is 9.53 Å². The van der Waals surface area contributed by atoms with Crippen molar-refractivity contribution in [3.63, 3.8) is 0 Å². The molecule has 17 heavy (non-hydrogen) atoms. The molecule has 1 amide bonds. The smallest absolute Gasteiger partial charge is 0.239 e. The summed E-state index contributed by atoms with van der Waals surface area (Å²) < 4.78 is 5.38. The molecule has 0 radical (unpaired) electrons. The highest BCUT2D eigenvalue weighted by molar-refractivity contribution is 5.82. The minimum atomic E-state index is -0.163. The number of hydrogen-bond donors (Lipinski definition) is 1.